The molecule has 21 heavy (non-hydrogen) atoms. The van der Waals surface area contributed by atoms with Crippen molar-refractivity contribution in [3.8, 4) is 5.75 Å². The molecule has 0 bridgehead atoms. The van der Waals surface area contributed by atoms with Crippen LogP contribution in [0.2, 0.25) is 0 Å². The van der Waals surface area contributed by atoms with Gasteiger partial charge in [-0.05, 0) is 31.7 Å². The van der Waals surface area contributed by atoms with E-state index < -0.39 is 20.6 Å². The quantitative estimate of drug-likeness (QED) is 0.625. The largest absolute Gasteiger partial charge is 0.483 e. The van der Waals surface area contributed by atoms with E-state index in [0.717, 1.165) is 12.8 Å². The molecule has 0 aliphatic heterocycles. The van der Waals surface area contributed by atoms with E-state index in [1.54, 1.807) is 0 Å². The number of ether oxygens (including phenoxy) is 1. The van der Waals surface area contributed by atoms with Gasteiger partial charge in [0.2, 0.25) is 15.8 Å². The van der Waals surface area contributed by atoms with Crippen LogP contribution in [-0.2, 0) is 10.0 Å². The lowest BCUT2D eigenvalue weighted by Gasteiger charge is -2.27. The summed E-state index contributed by atoms with van der Waals surface area (Å²) >= 11 is 0. The van der Waals surface area contributed by atoms with Crippen LogP contribution in [0.15, 0.2) is 23.1 Å². The molecule has 0 heterocycles. The van der Waals surface area contributed by atoms with E-state index in [1.165, 1.54) is 18.2 Å². The van der Waals surface area contributed by atoms with Gasteiger partial charge in [0.15, 0.2) is 0 Å². The predicted molar refractivity (Wildman–Crippen MR) is 75.3 cm³/mol. The molecule has 0 spiro atoms. The first-order valence-corrected chi connectivity index (χ1v) is 8.06. The van der Waals surface area contributed by atoms with Crippen LogP contribution >= 0.6 is 0 Å². The summed E-state index contributed by atoms with van der Waals surface area (Å²) in [4.78, 5) is 10.0. The van der Waals surface area contributed by atoms with Crippen molar-refractivity contribution in [3.63, 3.8) is 0 Å². The maximum Gasteiger partial charge on any atom is 0.312 e. The molecule has 1 aromatic carbocycles. The first-order valence-electron chi connectivity index (χ1n) is 6.51. The summed E-state index contributed by atoms with van der Waals surface area (Å²) in [6.45, 7) is 0. The molecule has 1 fully saturated rings. The number of hydrogen-bond acceptors (Lipinski definition) is 6. The fraction of sp³-hybridized carbons (Fsp3) is 0.500. The van der Waals surface area contributed by atoms with E-state index in [4.69, 9.17) is 15.6 Å². The van der Waals surface area contributed by atoms with Crippen molar-refractivity contribution in [3.05, 3.63) is 28.3 Å². The van der Waals surface area contributed by atoms with Gasteiger partial charge in [0.1, 0.15) is 4.90 Å². The van der Waals surface area contributed by atoms with Gasteiger partial charge in [-0.3, -0.25) is 10.1 Å². The number of rotatable bonds is 4. The van der Waals surface area contributed by atoms with Crippen molar-refractivity contribution in [2.75, 3.05) is 0 Å². The number of benzene rings is 1. The van der Waals surface area contributed by atoms with E-state index >= 15 is 0 Å². The van der Waals surface area contributed by atoms with Crippen LogP contribution in [0.1, 0.15) is 25.7 Å². The molecule has 116 valence electrons. The van der Waals surface area contributed by atoms with Gasteiger partial charge in [-0.1, -0.05) is 6.07 Å². The van der Waals surface area contributed by atoms with Crippen LogP contribution in [-0.4, -0.2) is 25.5 Å². The standard InChI is InChI=1S/C12H17N3O5S/c13-8-4-6-9(7-5-8)20-12-10(15(16)17)2-1-3-11(12)21(14,18)19/h1-3,8-9H,4-7,13H2,(H2,14,18,19). The highest BCUT2D eigenvalue weighted by atomic mass is 32.2. The highest BCUT2D eigenvalue weighted by molar-refractivity contribution is 7.89. The van der Waals surface area contributed by atoms with Crippen molar-refractivity contribution >= 4 is 15.7 Å². The lowest BCUT2D eigenvalue weighted by atomic mass is 9.94. The Morgan fingerprint density at radius 3 is 2.38 bits per heavy atom. The minimum Gasteiger partial charge on any atom is -0.483 e. The van der Waals surface area contributed by atoms with E-state index in [2.05, 4.69) is 0 Å². The molecule has 2 rings (SSSR count). The number of sulfonamides is 1. The topological polar surface area (TPSA) is 139 Å². The molecule has 0 unspecified atom stereocenters. The van der Waals surface area contributed by atoms with Crippen molar-refractivity contribution in [1.29, 1.82) is 0 Å². The second kappa shape index (κ2) is 5.96. The molecule has 0 aromatic heterocycles. The number of hydrogen-bond donors (Lipinski definition) is 2. The summed E-state index contributed by atoms with van der Waals surface area (Å²) in [6.07, 6.45) is 2.41. The van der Waals surface area contributed by atoms with Crippen LogP contribution < -0.4 is 15.6 Å². The van der Waals surface area contributed by atoms with Crippen molar-refractivity contribution < 1.29 is 18.1 Å². The van der Waals surface area contributed by atoms with Crippen LogP contribution in [0, 0.1) is 10.1 Å². The van der Waals surface area contributed by atoms with E-state index in [9.17, 15) is 18.5 Å². The van der Waals surface area contributed by atoms with E-state index in [1.807, 2.05) is 0 Å². The Bertz CT molecular complexity index is 638. The molecule has 1 aliphatic carbocycles. The van der Waals surface area contributed by atoms with Crippen LogP contribution in [0.4, 0.5) is 5.69 Å². The van der Waals surface area contributed by atoms with Gasteiger partial charge >= 0.3 is 5.69 Å². The Balaban J connectivity index is 2.38. The molecule has 0 radical (unpaired) electrons. The Labute approximate surface area is 122 Å². The van der Waals surface area contributed by atoms with Gasteiger partial charge in [0.05, 0.1) is 11.0 Å². The molecule has 1 aliphatic rings. The summed E-state index contributed by atoms with van der Waals surface area (Å²) in [5.74, 6) is -0.287. The summed E-state index contributed by atoms with van der Waals surface area (Å²) < 4.78 is 28.8. The number of nitrogens with two attached hydrogens (primary N) is 2. The molecule has 8 nitrogen and oxygen atoms in total. The number of para-hydroxylation sites is 1. The maximum atomic E-state index is 11.6. The maximum absolute atomic E-state index is 11.6. The second-order valence-electron chi connectivity index (χ2n) is 5.06. The monoisotopic (exact) mass is 315 g/mol. The van der Waals surface area contributed by atoms with Crippen LogP contribution in [0.25, 0.3) is 0 Å². The van der Waals surface area contributed by atoms with Crippen molar-refractivity contribution in [2.24, 2.45) is 10.9 Å². The Morgan fingerprint density at radius 2 is 1.86 bits per heavy atom. The lowest BCUT2D eigenvalue weighted by Crippen LogP contribution is -2.32. The van der Waals surface area contributed by atoms with E-state index in [0.29, 0.717) is 12.8 Å². The molecule has 4 N–H and O–H groups in total. The zero-order valence-electron chi connectivity index (χ0n) is 11.3. The van der Waals surface area contributed by atoms with Crippen LogP contribution in [0.5, 0.6) is 5.75 Å². The van der Waals surface area contributed by atoms with Crippen molar-refractivity contribution in [1.82, 2.24) is 0 Å². The number of primary sulfonamides is 1. The van der Waals surface area contributed by atoms with Crippen molar-refractivity contribution in [2.45, 2.75) is 42.7 Å². The van der Waals surface area contributed by atoms with Gasteiger partial charge in [0.25, 0.3) is 0 Å². The summed E-state index contributed by atoms with van der Waals surface area (Å²) in [7, 11) is -4.11. The third-order valence-corrected chi connectivity index (χ3v) is 4.40. The summed E-state index contributed by atoms with van der Waals surface area (Å²) in [6, 6.07) is 3.75. The average Bonchev–Trinajstić information content (AvgIpc) is 2.40. The zero-order chi connectivity index (χ0) is 15.6. The van der Waals surface area contributed by atoms with Crippen LogP contribution in [0.3, 0.4) is 0 Å². The lowest BCUT2D eigenvalue weighted by molar-refractivity contribution is -0.386. The Kier molecular flexibility index (Phi) is 4.45. The van der Waals surface area contributed by atoms with Gasteiger partial charge in [-0.15, -0.1) is 0 Å². The molecular weight excluding hydrogens is 298 g/mol. The third-order valence-electron chi connectivity index (χ3n) is 3.46. The molecule has 0 saturated heterocycles. The zero-order valence-corrected chi connectivity index (χ0v) is 12.1. The molecule has 9 heteroatoms. The molecule has 1 saturated carbocycles. The normalized spacial score (nSPS) is 22.8. The Morgan fingerprint density at radius 1 is 1.24 bits per heavy atom. The highest BCUT2D eigenvalue weighted by Crippen LogP contribution is 2.36. The number of nitro benzene ring substituents is 1. The fourth-order valence-electron chi connectivity index (χ4n) is 2.36. The van der Waals surface area contributed by atoms with Gasteiger partial charge < -0.3 is 10.5 Å². The smallest absolute Gasteiger partial charge is 0.312 e. The summed E-state index contributed by atoms with van der Waals surface area (Å²) in [5.41, 5.74) is 5.38. The number of nitrogens with zero attached hydrogens (tertiary/aromatic N) is 1. The average molecular weight is 315 g/mol. The molecule has 0 amide bonds. The highest BCUT2D eigenvalue weighted by Gasteiger charge is 2.29. The van der Waals surface area contributed by atoms with E-state index in [-0.39, 0.29) is 22.8 Å². The van der Waals surface area contributed by atoms with Gasteiger partial charge in [-0.2, -0.15) is 0 Å². The molecular formula is C12H17N3O5S. The SMILES string of the molecule is NC1CCC(Oc2c([N+](=O)[O-])cccc2S(N)(=O)=O)CC1. The summed E-state index contributed by atoms with van der Waals surface area (Å²) in [5, 5.41) is 16.2. The minimum absolute atomic E-state index is 0.0910. The first-order chi connectivity index (χ1) is 9.79. The first kappa shape index (κ1) is 15.7. The van der Waals surface area contributed by atoms with Gasteiger partial charge in [0, 0.05) is 12.1 Å². The second-order valence-corrected chi connectivity index (χ2v) is 6.59. The van der Waals surface area contributed by atoms with Gasteiger partial charge in [-0.25, -0.2) is 13.6 Å². The minimum atomic E-state index is -4.11. The molecule has 0 atom stereocenters. The number of nitro groups is 1. The fourth-order valence-corrected chi connectivity index (χ4v) is 3.04. The Hall–Kier alpha value is -1.71. The predicted octanol–water partition coefficient (Wildman–Crippen LogP) is 0.891. The molecule has 1 aromatic rings. The third kappa shape index (κ3) is 3.69.